The Kier molecular flexibility index (Phi) is 8.59. The summed E-state index contributed by atoms with van der Waals surface area (Å²) in [5.74, 6) is -1.65. The lowest BCUT2D eigenvalue weighted by molar-refractivity contribution is -0.139. The second kappa shape index (κ2) is 9.59. The van der Waals surface area contributed by atoms with E-state index in [1.54, 1.807) is 27.7 Å². The topological polar surface area (TPSA) is 102 Å². The molecule has 22 heavy (non-hydrogen) atoms. The first kappa shape index (κ1) is 19.7. The minimum Gasteiger partial charge on any atom is -0.480 e. The summed E-state index contributed by atoms with van der Waals surface area (Å²) >= 11 is 0. The number of allylic oxidation sites excluding steroid dienone is 2. The number of hydrogen-bond acceptors (Lipinski definition) is 5. The fourth-order valence-electron chi connectivity index (χ4n) is 1.29. The molecule has 0 heterocycles. The normalized spacial score (nSPS) is 13.1. The van der Waals surface area contributed by atoms with E-state index in [-0.39, 0.29) is 13.0 Å². The van der Waals surface area contributed by atoms with Gasteiger partial charge in [-0.3, -0.25) is 0 Å². The first-order chi connectivity index (χ1) is 10.2. The van der Waals surface area contributed by atoms with Gasteiger partial charge in [0.2, 0.25) is 0 Å². The van der Waals surface area contributed by atoms with Crippen molar-refractivity contribution in [2.24, 2.45) is 0 Å². The van der Waals surface area contributed by atoms with E-state index in [1.807, 2.05) is 0 Å². The number of carbonyl (C=O) groups excluding carboxylic acids is 2. The number of nitrogens with one attached hydrogen (secondary N) is 1. The third-order valence-corrected chi connectivity index (χ3v) is 2.13. The first-order valence-electron chi connectivity index (χ1n) is 6.88. The van der Waals surface area contributed by atoms with Gasteiger partial charge in [0.1, 0.15) is 11.6 Å². The van der Waals surface area contributed by atoms with Crippen molar-refractivity contribution in [2.45, 2.75) is 45.8 Å². The maximum absolute atomic E-state index is 11.5. The fourth-order valence-corrected chi connectivity index (χ4v) is 1.29. The number of hydrogen-bond donors (Lipinski definition) is 2. The Labute approximate surface area is 130 Å². The highest BCUT2D eigenvalue weighted by atomic mass is 16.6. The van der Waals surface area contributed by atoms with Gasteiger partial charge in [-0.05, 0) is 34.1 Å². The molecular weight excluding hydrogens is 290 g/mol. The largest absolute Gasteiger partial charge is 0.480 e. The lowest BCUT2D eigenvalue weighted by Gasteiger charge is -2.21. The van der Waals surface area contributed by atoms with E-state index in [1.165, 1.54) is 24.3 Å². The molecule has 0 aliphatic carbocycles. The number of rotatable bonds is 7. The molecular formula is C15H23NO6. The van der Waals surface area contributed by atoms with E-state index in [4.69, 9.17) is 9.84 Å². The number of esters is 1. The van der Waals surface area contributed by atoms with Crippen molar-refractivity contribution in [3.8, 4) is 0 Å². The summed E-state index contributed by atoms with van der Waals surface area (Å²) in [5.41, 5.74) is -0.703. The quantitative estimate of drug-likeness (QED) is 0.423. The summed E-state index contributed by atoms with van der Waals surface area (Å²) in [4.78, 5) is 33.6. The summed E-state index contributed by atoms with van der Waals surface area (Å²) in [6.45, 7) is 7.03. The van der Waals surface area contributed by atoms with Crippen LogP contribution >= 0.6 is 0 Å². The van der Waals surface area contributed by atoms with E-state index in [0.29, 0.717) is 0 Å². The van der Waals surface area contributed by atoms with Gasteiger partial charge >= 0.3 is 18.0 Å². The molecule has 0 aromatic rings. The average molecular weight is 313 g/mol. The molecule has 0 radical (unpaired) electrons. The smallest absolute Gasteiger partial charge is 0.408 e. The van der Waals surface area contributed by atoms with E-state index in [2.05, 4.69) is 10.1 Å². The summed E-state index contributed by atoms with van der Waals surface area (Å²) in [7, 11) is 0. The minimum atomic E-state index is -1.18. The van der Waals surface area contributed by atoms with E-state index < -0.39 is 29.7 Å². The predicted octanol–water partition coefficient (Wildman–Crippen LogP) is 2.03. The molecule has 0 rings (SSSR count). The van der Waals surface area contributed by atoms with Crippen LogP contribution < -0.4 is 5.32 Å². The molecule has 1 unspecified atom stereocenters. The SMILES string of the molecule is CCOC(=O)/C=C/C=C/CC(NC(=O)OC(C)(C)C)C(=O)O. The van der Waals surface area contributed by atoms with E-state index in [0.717, 1.165) is 0 Å². The van der Waals surface area contributed by atoms with Crippen molar-refractivity contribution in [1.29, 1.82) is 0 Å². The van der Waals surface area contributed by atoms with Crippen LogP contribution in [0.1, 0.15) is 34.1 Å². The standard InChI is InChI=1S/C15H23NO6/c1-5-21-12(17)10-8-6-7-9-11(13(18)19)16-14(20)22-15(2,3)4/h6-8,10-11H,5,9H2,1-4H3,(H,16,20)(H,18,19)/b7-6+,10-8+. The van der Waals surface area contributed by atoms with Crippen molar-refractivity contribution in [3.05, 3.63) is 24.3 Å². The van der Waals surface area contributed by atoms with Gasteiger partial charge in [0.15, 0.2) is 0 Å². The molecule has 0 spiro atoms. The van der Waals surface area contributed by atoms with Crippen LogP contribution in [0.2, 0.25) is 0 Å². The minimum absolute atomic E-state index is 0.0573. The van der Waals surface area contributed by atoms with Gasteiger partial charge in [0, 0.05) is 6.08 Å². The Morgan fingerprint density at radius 2 is 1.86 bits per heavy atom. The van der Waals surface area contributed by atoms with Gasteiger partial charge in [0.05, 0.1) is 6.61 Å². The predicted molar refractivity (Wildman–Crippen MR) is 80.3 cm³/mol. The molecule has 0 aromatic carbocycles. The molecule has 1 amide bonds. The lowest BCUT2D eigenvalue weighted by Crippen LogP contribution is -2.43. The molecule has 0 bridgehead atoms. The molecule has 0 saturated carbocycles. The molecule has 2 N–H and O–H groups in total. The third-order valence-electron chi connectivity index (χ3n) is 2.13. The maximum Gasteiger partial charge on any atom is 0.408 e. The van der Waals surface area contributed by atoms with Gasteiger partial charge in [-0.15, -0.1) is 0 Å². The van der Waals surface area contributed by atoms with Crippen LogP contribution in [0, 0.1) is 0 Å². The zero-order valence-electron chi connectivity index (χ0n) is 13.3. The molecule has 7 heteroatoms. The molecule has 0 saturated heterocycles. The van der Waals surface area contributed by atoms with Crippen molar-refractivity contribution < 1.29 is 29.0 Å². The molecule has 7 nitrogen and oxygen atoms in total. The van der Waals surface area contributed by atoms with Crippen LogP contribution in [-0.2, 0) is 19.1 Å². The molecule has 0 aromatic heterocycles. The van der Waals surface area contributed by atoms with E-state index >= 15 is 0 Å². The average Bonchev–Trinajstić information content (AvgIpc) is 2.34. The Morgan fingerprint density at radius 3 is 2.36 bits per heavy atom. The van der Waals surface area contributed by atoms with Gasteiger partial charge in [-0.25, -0.2) is 14.4 Å². The highest BCUT2D eigenvalue weighted by Gasteiger charge is 2.22. The second-order valence-corrected chi connectivity index (χ2v) is 5.31. The van der Waals surface area contributed by atoms with Crippen molar-refractivity contribution in [2.75, 3.05) is 6.61 Å². The second-order valence-electron chi connectivity index (χ2n) is 5.31. The molecule has 124 valence electrons. The maximum atomic E-state index is 11.5. The van der Waals surface area contributed by atoms with Gasteiger partial charge in [-0.1, -0.05) is 18.2 Å². The van der Waals surface area contributed by atoms with Crippen molar-refractivity contribution in [1.82, 2.24) is 5.32 Å². The number of aliphatic carboxylic acids is 1. The van der Waals surface area contributed by atoms with Gasteiger partial charge in [0.25, 0.3) is 0 Å². The van der Waals surface area contributed by atoms with Crippen LogP contribution in [0.5, 0.6) is 0 Å². The van der Waals surface area contributed by atoms with Crippen molar-refractivity contribution in [3.63, 3.8) is 0 Å². The number of ether oxygens (including phenoxy) is 2. The van der Waals surface area contributed by atoms with Crippen molar-refractivity contribution >= 4 is 18.0 Å². The molecule has 0 fully saturated rings. The number of carboxylic acids is 1. The number of carboxylic acid groups (broad SMARTS) is 1. The summed E-state index contributed by atoms with van der Waals surface area (Å²) in [5, 5.41) is 11.3. The fraction of sp³-hybridized carbons (Fsp3) is 0.533. The van der Waals surface area contributed by atoms with Crippen LogP contribution in [0.3, 0.4) is 0 Å². The van der Waals surface area contributed by atoms with Crippen LogP contribution in [-0.4, -0.2) is 41.4 Å². The first-order valence-corrected chi connectivity index (χ1v) is 6.88. The Bertz CT molecular complexity index is 447. The van der Waals surface area contributed by atoms with Gasteiger partial charge in [-0.2, -0.15) is 0 Å². The molecule has 0 aliphatic rings. The Hall–Kier alpha value is -2.31. The van der Waals surface area contributed by atoms with Crippen LogP contribution in [0.25, 0.3) is 0 Å². The zero-order valence-corrected chi connectivity index (χ0v) is 13.3. The number of carbonyl (C=O) groups is 3. The lowest BCUT2D eigenvalue weighted by atomic mass is 10.2. The van der Waals surface area contributed by atoms with Crippen LogP contribution in [0.4, 0.5) is 4.79 Å². The summed E-state index contributed by atoms with van der Waals surface area (Å²) in [6, 6.07) is -1.11. The highest BCUT2D eigenvalue weighted by molar-refractivity contribution is 5.82. The van der Waals surface area contributed by atoms with Crippen LogP contribution in [0.15, 0.2) is 24.3 Å². The molecule has 1 atom stereocenters. The molecule has 0 aliphatic heterocycles. The number of alkyl carbamates (subject to hydrolysis) is 1. The zero-order chi connectivity index (χ0) is 17.2. The van der Waals surface area contributed by atoms with Gasteiger partial charge < -0.3 is 19.9 Å². The summed E-state index contributed by atoms with van der Waals surface area (Å²) in [6.07, 6.45) is 4.94. The Morgan fingerprint density at radius 1 is 1.23 bits per heavy atom. The highest BCUT2D eigenvalue weighted by Crippen LogP contribution is 2.07. The third kappa shape index (κ3) is 10.5. The Balaban J connectivity index is 4.40. The summed E-state index contributed by atoms with van der Waals surface area (Å²) < 4.78 is 9.67. The monoisotopic (exact) mass is 313 g/mol. The van der Waals surface area contributed by atoms with E-state index in [9.17, 15) is 14.4 Å². The number of amides is 1.